The largest absolute Gasteiger partial charge is 0.346 e. The molecular formula is C13H19BrN2O3S2. The Morgan fingerprint density at radius 3 is 2.81 bits per heavy atom. The molecule has 0 N–H and O–H groups in total. The van der Waals surface area contributed by atoms with Crippen molar-refractivity contribution < 1.29 is 13.2 Å². The Labute approximate surface area is 138 Å². The van der Waals surface area contributed by atoms with Gasteiger partial charge in [0.05, 0.1) is 9.70 Å². The Kier molecular flexibility index (Phi) is 5.45. The van der Waals surface area contributed by atoms with Gasteiger partial charge in [0.1, 0.15) is 4.21 Å². The lowest BCUT2D eigenvalue weighted by Gasteiger charge is -2.32. The minimum Gasteiger partial charge on any atom is -0.346 e. The van der Waals surface area contributed by atoms with E-state index in [1.807, 2.05) is 6.92 Å². The third kappa shape index (κ3) is 3.67. The van der Waals surface area contributed by atoms with Gasteiger partial charge in [-0.3, -0.25) is 4.79 Å². The van der Waals surface area contributed by atoms with Gasteiger partial charge >= 0.3 is 0 Å². The summed E-state index contributed by atoms with van der Waals surface area (Å²) >= 11 is 4.49. The summed E-state index contributed by atoms with van der Waals surface area (Å²) in [6.07, 6.45) is 1.48. The molecule has 0 aromatic carbocycles. The van der Waals surface area contributed by atoms with Crippen LogP contribution in [-0.2, 0) is 14.8 Å². The number of carbonyl (C=O) groups is 1. The van der Waals surface area contributed by atoms with Crippen LogP contribution >= 0.6 is 27.3 Å². The predicted molar refractivity (Wildman–Crippen MR) is 86.8 cm³/mol. The highest BCUT2D eigenvalue weighted by Gasteiger charge is 2.34. The van der Waals surface area contributed by atoms with Crippen molar-refractivity contribution in [3.05, 3.63) is 15.9 Å². The second-order valence-electron chi connectivity index (χ2n) is 5.11. The molecule has 1 aromatic rings. The van der Waals surface area contributed by atoms with Crippen molar-refractivity contribution in [1.82, 2.24) is 9.21 Å². The van der Waals surface area contributed by atoms with Gasteiger partial charge in [-0.25, -0.2) is 8.42 Å². The molecule has 1 amide bonds. The number of rotatable bonds is 4. The molecule has 0 saturated carbocycles. The van der Waals surface area contributed by atoms with Crippen LogP contribution in [0.15, 0.2) is 20.1 Å². The molecule has 2 rings (SSSR count). The summed E-state index contributed by atoms with van der Waals surface area (Å²) in [5.74, 6) is -0.202. The molecule has 1 aliphatic rings. The normalized spacial score (nSPS) is 20.4. The molecule has 1 fully saturated rings. The molecular weight excluding hydrogens is 376 g/mol. The molecule has 21 heavy (non-hydrogen) atoms. The number of hydrogen-bond acceptors (Lipinski definition) is 4. The van der Waals surface area contributed by atoms with E-state index in [9.17, 15) is 13.2 Å². The first-order valence-corrected chi connectivity index (χ1v) is 9.91. The van der Waals surface area contributed by atoms with Crippen LogP contribution in [0.1, 0.15) is 19.8 Å². The smallest absolute Gasteiger partial charge is 0.252 e. The van der Waals surface area contributed by atoms with Crippen molar-refractivity contribution in [3.8, 4) is 0 Å². The number of thiophene rings is 1. The quantitative estimate of drug-likeness (QED) is 0.787. The van der Waals surface area contributed by atoms with Gasteiger partial charge in [-0.05, 0) is 47.8 Å². The van der Waals surface area contributed by atoms with Crippen molar-refractivity contribution in [2.75, 3.05) is 26.7 Å². The van der Waals surface area contributed by atoms with Crippen LogP contribution in [0.3, 0.4) is 0 Å². The van der Waals surface area contributed by atoms with Crippen molar-refractivity contribution in [2.24, 2.45) is 5.92 Å². The van der Waals surface area contributed by atoms with E-state index in [-0.39, 0.29) is 18.4 Å². The Hall–Kier alpha value is -0.440. The predicted octanol–water partition coefficient (Wildman–Crippen LogP) is 2.39. The standard InChI is InChI=1S/C13H19BrN2O3S2/c1-3-15(2)13(17)10-5-4-8-16(9-10)21(18,19)12-7-6-11(14)20-12/h6-7,10H,3-5,8-9H2,1-2H3. The zero-order valence-corrected chi connectivity index (χ0v) is 15.3. The van der Waals surface area contributed by atoms with E-state index >= 15 is 0 Å². The maximum atomic E-state index is 12.6. The van der Waals surface area contributed by atoms with Gasteiger partial charge in [0.15, 0.2) is 0 Å². The van der Waals surface area contributed by atoms with E-state index in [1.54, 1.807) is 24.1 Å². The minimum atomic E-state index is -3.49. The molecule has 5 nitrogen and oxygen atoms in total. The van der Waals surface area contributed by atoms with Crippen LogP contribution < -0.4 is 0 Å². The zero-order chi connectivity index (χ0) is 15.6. The third-order valence-electron chi connectivity index (χ3n) is 3.73. The molecule has 0 spiro atoms. The molecule has 1 unspecified atom stereocenters. The van der Waals surface area contributed by atoms with Gasteiger partial charge < -0.3 is 4.90 Å². The topological polar surface area (TPSA) is 57.7 Å². The number of piperidine rings is 1. The van der Waals surface area contributed by atoms with E-state index in [0.717, 1.165) is 16.6 Å². The number of sulfonamides is 1. The van der Waals surface area contributed by atoms with Gasteiger partial charge in [-0.15, -0.1) is 11.3 Å². The first kappa shape index (κ1) is 16.9. The molecule has 118 valence electrons. The first-order valence-electron chi connectivity index (χ1n) is 6.86. The zero-order valence-electron chi connectivity index (χ0n) is 12.1. The monoisotopic (exact) mass is 394 g/mol. The molecule has 0 aliphatic carbocycles. The lowest BCUT2D eigenvalue weighted by molar-refractivity contribution is -0.135. The lowest BCUT2D eigenvalue weighted by Crippen LogP contribution is -2.45. The summed E-state index contributed by atoms with van der Waals surface area (Å²) in [5, 5.41) is 0. The van der Waals surface area contributed by atoms with E-state index in [0.29, 0.717) is 17.3 Å². The maximum Gasteiger partial charge on any atom is 0.252 e. The number of hydrogen-bond donors (Lipinski definition) is 0. The van der Waals surface area contributed by atoms with Gasteiger partial charge in [0.2, 0.25) is 5.91 Å². The van der Waals surface area contributed by atoms with Crippen LogP contribution in [0.2, 0.25) is 0 Å². The van der Waals surface area contributed by atoms with E-state index in [4.69, 9.17) is 0 Å². The lowest BCUT2D eigenvalue weighted by atomic mass is 9.98. The van der Waals surface area contributed by atoms with Crippen molar-refractivity contribution in [1.29, 1.82) is 0 Å². The molecule has 1 atom stereocenters. The van der Waals surface area contributed by atoms with Gasteiger partial charge in [-0.1, -0.05) is 0 Å². The summed E-state index contributed by atoms with van der Waals surface area (Å²) in [6.45, 7) is 3.32. The molecule has 0 bridgehead atoms. The number of nitrogens with zero attached hydrogens (tertiary/aromatic N) is 2. The van der Waals surface area contributed by atoms with Gasteiger partial charge in [0.25, 0.3) is 10.0 Å². The van der Waals surface area contributed by atoms with Crippen molar-refractivity contribution in [2.45, 2.75) is 24.0 Å². The maximum absolute atomic E-state index is 12.6. The highest BCUT2D eigenvalue weighted by atomic mass is 79.9. The average molecular weight is 395 g/mol. The van der Waals surface area contributed by atoms with Gasteiger partial charge in [0, 0.05) is 26.7 Å². The highest BCUT2D eigenvalue weighted by Crippen LogP contribution is 2.31. The fourth-order valence-corrected chi connectivity index (χ4v) is 6.08. The average Bonchev–Trinajstić information content (AvgIpc) is 2.93. The Bertz CT molecular complexity index is 615. The number of amides is 1. The molecule has 1 aromatic heterocycles. The Morgan fingerprint density at radius 1 is 1.52 bits per heavy atom. The van der Waals surface area contributed by atoms with Crippen LogP contribution in [0, 0.1) is 5.92 Å². The third-order valence-corrected chi connectivity index (χ3v) is 7.68. The van der Waals surface area contributed by atoms with E-state index < -0.39 is 10.0 Å². The Balaban J connectivity index is 2.16. The summed E-state index contributed by atoms with van der Waals surface area (Å²) in [5.41, 5.74) is 0. The Morgan fingerprint density at radius 2 is 2.24 bits per heavy atom. The molecule has 1 saturated heterocycles. The molecule has 2 heterocycles. The first-order chi connectivity index (χ1) is 9.86. The van der Waals surface area contributed by atoms with Crippen LogP contribution in [-0.4, -0.2) is 50.2 Å². The second kappa shape index (κ2) is 6.76. The number of carbonyl (C=O) groups excluding carboxylic acids is 1. The number of halogens is 1. The van der Waals surface area contributed by atoms with Crippen LogP contribution in [0.5, 0.6) is 0 Å². The van der Waals surface area contributed by atoms with Crippen LogP contribution in [0.25, 0.3) is 0 Å². The van der Waals surface area contributed by atoms with E-state index in [2.05, 4.69) is 15.9 Å². The van der Waals surface area contributed by atoms with Crippen molar-refractivity contribution in [3.63, 3.8) is 0 Å². The SMILES string of the molecule is CCN(C)C(=O)C1CCCN(S(=O)(=O)c2ccc(Br)s2)C1. The fraction of sp³-hybridized carbons (Fsp3) is 0.615. The summed E-state index contributed by atoms with van der Waals surface area (Å²) in [4.78, 5) is 13.9. The molecule has 8 heteroatoms. The fourth-order valence-electron chi connectivity index (χ4n) is 2.39. The minimum absolute atomic E-state index is 0.0322. The summed E-state index contributed by atoms with van der Waals surface area (Å²) < 4.78 is 27.8. The molecule has 0 radical (unpaired) electrons. The van der Waals surface area contributed by atoms with Crippen LogP contribution in [0.4, 0.5) is 0 Å². The summed E-state index contributed by atoms with van der Waals surface area (Å²) in [7, 11) is -1.73. The highest BCUT2D eigenvalue weighted by molar-refractivity contribution is 9.11. The van der Waals surface area contributed by atoms with Gasteiger partial charge in [-0.2, -0.15) is 4.31 Å². The summed E-state index contributed by atoms with van der Waals surface area (Å²) in [6, 6.07) is 3.34. The van der Waals surface area contributed by atoms with Crippen molar-refractivity contribution >= 4 is 43.2 Å². The second-order valence-corrected chi connectivity index (χ2v) is 9.74. The molecule has 1 aliphatic heterocycles. The van der Waals surface area contributed by atoms with E-state index in [1.165, 1.54) is 15.6 Å².